The Balaban J connectivity index is 1.85. The van der Waals surface area contributed by atoms with Gasteiger partial charge in [-0.15, -0.1) is 0 Å². The number of hydrogen-bond donors (Lipinski definition) is 2. The molecule has 0 aliphatic heterocycles. The van der Waals surface area contributed by atoms with Crippen molar-refractivity contribution in [1.29, 1.82) is 0 Å². The molecule has 0 aliphatic carbocycles. The van der Waals surface area contributed by atoms with Crippen molar-refractivity contribution in [3.8, 4) is 0 Å². The van der Waals surface area contributed by atoms with Gasteiger partial charge in [0.25, 0.3) is 0 Å². The fraction of sp³-hybridized carbons (Fsp3) is 0.0625. The second-order valence-electron chi connectivity index (χ2n) is 4.63. The lowest BCUT2D eigenvalue weighted by atomic mass is 10.2. The van der Waals surface area contributed by atoms with Crippen molar-refractivity contribution in [2.45, 2.75) is 11.8 Å². The summed E-state index contributed by atoms with van der Waals surface area (Å²) in [6.07, 6.45) is 0.830. The Kier molecular flexibility index (Phi) is 3.48. The SMILES string of the molecule is Cc1ccc(SNc2cccc3cc(C=O)[nH]c23)cc1. The van der Waals surface area contributed by atoms with Crippen molar-refractivity contribution in [2.24, 2.45) is 0 Å². The Morgan fingerprint density at radius 2 is 1.95 bits per heavy atom. The minimum atomic E-state index is 0.592. The minimum absolute atomic E-state index is 0.592. The predicted molar refractivity (Wildman–Crippen MR) is 84.3 cm³/mol. The number of fused-ring (bicyclic) bond motifs is 1. The van der Waals surface area contributed by atoms with Crippen LogP contribution in [0.25, 0.3) is 10.9 Å². The van der Waals surface area contributed by atoms with Crippen LogP contribution < -0.4 is 4.72 Å². The predicted octanol–water partition coefficient (Wildman–Crippen LogP) is 4.41. The quantitative estimate of drug-likeness (QED) is 0.550. The first-order valence-corrected chi connectivity index (χ1v) is 7.14. The molecule has 0 atom stereocenters. The van der Waals surface area contributed by atoms with Gasteiger partial charge in [-0.3, -0.25) is 4.79 Å². The van der Waals surface area contributed by atoms with Gasteiger partial charge in [-0.25, -0.2) is 0 Å². The van der Waals surface area contributed by atoms with Crippen molar-refractivity contribution >= 4 is 34.8 Å². The number of carbonyl (C=O) groups is 1. The highest BCUT2D eigenvalue weighted by Gasteiger charge is 2.05. The van der Waals surface area contributed by atoms with Crippen molar-refractivity contribution in [3.05, 3.63) is 59.8 Å². The van der Waals surface area contributed by atoms with Gasteiger partial charge in [0.1, 0.15) is 0 Å². The van der Waals surface area contributed by atoms with Gasteiger partial charge in [-0.2, -0.15) is 0 Å². The van der Waals surface area contributed by atoms with E-state index in [0.717, 1.165) is 27.8 Å². The molecule has 0 unspecified atom stereocenters. The van der Waals surface area contributed by atoms with Crippen LogP contribution in [0.1, 0.15) is 16.1 Å². The van der Waals surface area contributed by atoms with Crippen molar-refractivity contribution in [3.63, 3.8) is 0 Å². The van der Waals surface area contributed by atoms with E-state index >= 15 is 0 Å². The molecule has 0 saturated heterocycles. The fourth-order valence-corrected chi connectivity index (χ4v) is 2.72. The number of hydrogen-bond acceptors (Lipinski definition) is 3. The molecule has 0 saturated carbocycles. The molecule has 3 aromatic rings. The van der Waals surface area contributed by atoms with Crippen molar-refractivity contribution in [2.75, 3.05) is 4.72 Å². The molecular formula is C16H14N2OS. The number of aromatic nitrogens is 1. The second-order valence-corrected chi connectivity index (χ2v) is 5.51. The van der Waals surface area contributed by atoms with E-state index in [1.165, 1.54) is 5.56 Å². The topological polar surface area (TPSA) is 44.9 Å². The molecule has 2 N–H and O–H groups in total. The van der Waals surface area contributed by atoms with Gasteiger partial charge < -0.3 is 9.71 Å². The van der Waals surface area contributed by atoms with E-state index in [0.29, 0.717) is 5.69 Å². The van der Waals surface area contributed by atoms with Crippen LogP contribution in [0.15, 0.2) is 53.4 Å². The molecule has 0 bridgehead atoms. The van der Waals surface area contributed by atoms with Gasteiger partial charge in [-0.1, -0.05) is 29.8 Å². The molecule has 2 aromatic carbocycles. The smallest absolute Gasteiger partial charge is 0.166 e. The van der Waals surface area contributed by atoms with E-state index in [-0.39, 0.29) is 0 Å². The molecule has 0 aliphatic rings. The number of aryl methyl sites for hydroxylation is 1. The van der Waals surface area contributed by atoms with Crippen LogP contribution in [-0.2, 0) is 0 Å². The first-order chi connectivity index (χ1) is 9.76. The van der Waals surface area contributed by atoms with E-state index in [2.05, 4.69) is 40.9 Å². The van der Waals surface area contributed by atoms with Gasteiger partial charge in [0, 0.05) is 10.3 Å². The zero-order valence-electron chi connectivity index (χ0n) is 11.0. The normalized spacial score (nSPS) is 10.7. The maximum atomic E-state index is 10.8. The highest BCUT2D eigenvalue weighted by atomic mass is 32.2. The third kappa shape index (κ3) is 2.56. The largest absolute Gasteiger partial charge is 0.351 e. The number of rotatable bonds is 4. The maximum absolute atomic E-state index is 10.8. The Labute approximate surface area is 121 Å². The maximum Gasteiger partial charge on any atom is 0.166 e. The molecule has 4 heteroatoms. The molecule has 100 valence electrons. The number of aromatic amines is 1. The molecule has 0 radical (unpaired) electrons. The molecule has 0 spiro atoms. The summed E-state index contributed by atoms with van der Waals surface area (Å²) in [5, 5.41) is 1.03. The molecule has 0 fully saturated rings. The first-order valence-electron chi connectivity index (χ1n) is 6.33. The lowest BCUT2D eigenvalue weighted by molar-refractivity contribution is 0.112. The van der Waals surface area contributed by atoms with Crippen molar-refractivity contribution in [1.82, 2.24) is 4.98 Å². The van der Waals surface area contributed by atoms with Crippen LogP contribution in [-0.4, -0.2) is 11.3 Å². The first kappa shape index (κ1) is 12.8. The Morgan fingerprint density at radius 1 is 1.15 bits per heavy atom. The molecular weight excluding hydrogens is 268 g/mol. The summed E-state index contributed by atoms with van der Waals surface area (Å²) >= 11 is 1.56. The Bertz CT molecular complexity index is 747. The lowest BCUT2D eigenvalue weighted by Gasteiger charge is -2.07. The van der Waals surface area contributed by atoms with E-state index in [1.807, 2.05) is 24.3 Å². The summed E-state index contributed by atoms with van der Waals surface area (Å²) in [6, 6.07) is 16.1. The zero-order valence-corrected chi connectivity index (χ0v) is 11.8. The van der Waals surface area contributed by atoms with Crippen LogP contribution in [0, 0.1) is 6.92 Å². The average Bonchev–Trinajstić information content (AvgIpc) is 2.90. The molecule has 20 heavy (non-hydrogen) atoms. The van der Waals surface area contributed by atoms with Crippen molar-refractivity contribution < 1.29 is 4.79 Å². The van der Waals surface area contributed by atoms with Crippen LogP contribution in [0.5, 0.6) is 0 Å². The van der Waals surface area contributed by atoms with Gasteiger partial charge in [-0.05, 0) is 43.1 Å². The average molecular weight is 282 g/mol. The number of aldehydes is 1. The van der Waals surface area contributed by atoms with E-state index in [1.54, 1.807) is 11.9 Å². The van der Waals surface area contributed by atoms with Gasteiger partial charge in [0.2, 0.25) is 0 Å². The summed E-state index contributed by atoms with van der Waals surface area (Å²) in [5.41, 5.74) is 3.77. The third-order valence-electron chi connectivity index (χ3n) is 3.10. The van der Waals surface area contributed by atoms with Crippen LogP contribution in [0.2, 0.25) is 0 Å². The molecule has 1 heterocycles. The fourth-order valence-electron chi connectivity index (χ4n) is 2.05. The number of benzene rings is 2. The van der Waals surface area contributed by atoms with Crippen LogP contribution in [0.4, 0.5) is 5.69 Å². The standard InChI is InChI=1S/C16H14N2OS/c1-11-5-7-14(8-6-11)20-18-15-4-2-3-12-9-13(10-19)17-16(12)15/h2-10,17-18H,1H3. The zero-order chi connectivity index (χ0) is 13.9. The summed E-state index contributed by atoms with van der Waals surface area (Å²) in [7, 11) is 0. The monoisotopic (exact) mass is 282 g/mol. The Hall–Kier alpha value is -2.20. The lowest BCUT2D eigenvalue weighted by Crippen LogP contribution is -1.88. The van der Waals surface area contributed by atoms with Gasteiger partial charge in [0.15, 0.2) is 6.29 Å². The van der Waals surface area contributed by atoms with E-state index < -0.39 is 0 Å². The molecule has 3 nitrogen and oxygen atoms in total. The van der Waals surface area contributed by atoms with Gasteiger partial charge >= 0.3 is 0 Å². The van der Waals surface area contributed by atoms with Gasteiger partial charge in [0.05, 0.1) is 16.9 Å². The summed E-state index contributed by atoms with van der Waals surface area (Å²) < 4.78 is 3.33. The molecule has 0 amide bonds. The molecule has 1 aromatic heterocycles. The highest BCUT2D eigenvalue weighted by Crippen LogP contribution is 2.28. The van der Waals surface area contributed by atoms with E-state index in [4.69, 9.17) is 0 Å². The number of para-hydroxylation sites is 1. The molecule has 3 rings (SSSR count). The third-order valence-corrected chi connectivity index (χ3v) is 3.93. The Morgan fingerprint density at radius 3 is 2.70 bits per heavy atom. The number of nitrogens with one attached hydrogen (secondary N) is 2. The summed E-state index contributed by atoms with van der Waals surface area (Å²) in [6.45, 7) is 2.07. The second kappa shape index (κ2) is 5.43. The minimum Gasteiger partial charge on any atom is -0.351 e. The number of H-pyrrole nitrogens is 1. The number of carbonyl (C=O) groups excluding carboxylic acids is 1. The summed E-state index contributed by atoms with van der Waals surface area (Å²) in [5.74, 6) is 0. The highest BCUT2D eigenvalue weighted by molar-refractivity contribution is 8.00. The van der Waals surface area contributed by atoms with E-state index in [9.17, 15) is 4.79 Å². The summed E-state index contributed by atoms with van der Waals surface area (Å²) in [4.78, 5) is 15.1. The van der Waals surface area contributed by atoms with Crippen LogP contribution in [0.3, 0.4) is 0 Å². The van der Waals surface area contributed by atoms with Crippen LogP contribution >= 0.6 is 11.9 Å². The number of anilines is 1.